The number of ether oxygens (including phenoxy) is 1. The van der Waals surface area contributed by atoms with Crippen LogP contribution in [0.2, 0.25) is 0 Å². The highest BCUT2D eigenvalue weighted by atomic mass is 16.5. The summed E-state index contributed by atoms with van der Waals surface area (Å²) in [5.41, 5.74) is 4.45. The van der Waals surface area contributed by atoms with E-state index >= 15 is 0 Å². The molecule has 1 unspecified atom stereocenters. The number of aromatic nitrogens is 2. The first-order valence-electron chi connectivity index (χ1n) is 9.42. The van der Waals surface area contributed by atoms with Gasteiger partial charge in [-0.25, -0.2) is 4.79 Å². The first kappa shape index (κ1) is 17.1. The molecule has 1 fully saturated rings. The molecule has 26 heavy (non-hydrogen) atoms. The summed E-state index contributed by atoms with van der Waals surface area (Å²) in [7, 11) is 1.44. The third kappa shape index (κ3) is 3.09. The van der Waals surface area contributed by atoms with Crippen molar-refractivity contribution in [3.8, 4) is 11.1 Å². The molecule has 6 heteroatoms. The van der Waals surface area contributed by atoms with E-state index in [4.69, 9.17) is 4.74 Å². The summed E-state index contributed by atoms with van der Waals surface area (Å²) in [4.78, 5) is 13.9. The minimum atomic E-state index is -0.287. The number of fused-ring (bicyclic) bond motifs is 1. The average molecular weight is 354 g/mol. The number of carbonyl (C=O) groups excluding carboxylic acids is 1. The Hall–Kier alpha value is -2.34. The summed E-state index contributed by atoms with van der Waals surface area (Å²) in [6, 6.07) is 6.96. The number of amides is 1. The highest BCUT2D eigenvalue weighted by Gasteiger charge is 2.29. The lowest BCUT2D eigenvalue weighted by Crippen LogP contribution is -2.42. The van der Waals surface area contributed by atoms with E-state index in [1.807, 2.05) is 12.3 Å². The molecule has 4 rings (SSSR count). The van der Waals surface area contributed by atoms with Crippen LogP contribution >= 0.6 is 0 Å². The first-order valence-corrected chi connectivity index (χ1v) is 9.42. The molecule has 0 aliphatic carbocycles. The van der Waals surface area contributed by atoms with Crippen molar-refractivity contribution in [3.05, 3.63) is 36.2 Å². The van der Waals surface area contributed by atoms with Crippen LogP contribution in [-0.4, -0.2) is 42.1 Å². The molecule has 1 amide bonds. The number of rotatable bonds is 2. The van der Waals surface area contributed by atoms with Crippen LogP contribution in [-0.2, 0) is 11.2 Å². The van der Waals surface area contributed by atoms with Gasteiger partial charge < -0.3 is 10.1 Å². The molecule has 0 spiro atoms. The molecule has 138 valence electrons. The van der Waals surface area contributed by atoms with Gasteiger partial charge in [-0.05, 0) is 69.0 Å². The zero-order valence-corrected chi connectivity index (χ0v) is 15.4. The molecule has 0 saturated carbocycles. The van der Waals surface area contributed by atoms with E-state index in [1.165, 1.54) is 12.7 Å². The zero-order valence-electron chi connectivity index (χ0n) is 15.4. The number of hydrogen-bond donors (Lipinski definition) is 1. The average Bonchev–Trinajstić information content (AvgIpc) is 3.18. The summed E-state index contributed by atoms with van der Waals surface area (Å²) in [5.74, 6) is 0. The molecule has 1 saturated heterocycles. The van der Waals surface area contributed by atoms with E-state index in [2.05, 4.69) is 40.4 Å². The number of aryl methyl sites for hydroxylation is 1. The Kier molecular flexibility index (Phi) is 4.68. The van der Waals surface area contributed by atoms with Gasteiger partial charge in [-0.2, -0.15) is 5.10 Å². The van der Waals surface area contributed by atoms with Gasteiger partial charge in [0.15, 0.2) is 0 Å². The Morgan fingerprint density at radius 2 is 2.04 bits per heavy atom. The highest BCUT2D eigenvalue weighted by Crippen LogP contribution is 2.34. The number of anilines is 1. The normalized spacial score (nSPS) is 20.7. The van der Waals surface area contributed by atoms with E-state index in [9.17, 15) is 4.79 Å². The molecule has 1 aromatic carbocycles. The van der Waals surface area contributed by atoms with Crippen molar-refractivity contribution in [2.24, 2.45) is 0 Å². The molecule has 1 N–H and O–H groups in total. The summed E-state index contributed by atoms with van der Waals surface area (Å²) in [6.07, 6.45) is 7.98. The molecule has 1 aromatic heterocycles. The quantitative estimate of drug-likeness (QED) is 0.898. The Balaban J connectivity index is 1.61. The van der Waals surface area contributed by atoms with E-state index in [-0.39, 0.29) is 12.1 Å². The van der Waals surface area contributed by atoms with Crippen molar-refractivity contribution in [3.63, 3.8) is 0 Å². The minimum absolute atomic E-state index is 0.156. The van der Waals surface area contributed by atoms with Gasteiger partial charge in [-0.1, -0.05) is 6.07 Å². The third-order valence-electron chi connectivity index (χ3n) is 5.60. The largest absolute Gasteiger partial charge is 0.452 e. The van der Waals surface area contributed by atoms with Crippen LogP contribution in [0, 0.1) is 0 Å². The molecule has 2 aromatic rings. The minimum Gasteiger partial charge on any atom is -0.452 e. The molecule has 6 nitrogen and oxygen atoms in total. The fourth-order valence-electron chi connectivity index (χ4n) is 4.07. The van der Waals surface area contributed by atoms with Gasteiger partial charge in [-0.3, -0.25) is 9.58 Å². The number of benzene rings is 1. The van der Waals surface area contributed by atoms with Crippen molar-refractivity contribution >= 4 is 11.8 Å². The lowest BCUT2D eigenvalue weighted by Gasteiger charge is -2.34. The van der Waals surface area contributed by atoms with Crippen LogP contribution in [0.1, 0.15) is 37.8 Å². The van der Waals surface area contributed by atoms with Crippen LogP contribution in [0.4, 0.5) is 10.5 Å². The molecule has 2 aliphatic rings. The van der Waals surface area contributed by atoms with Crippen molar-refractivity contribution in [2.75, 3.05) is 25.1 Å². The fourth-order valence-corrected chi connectivity index (χ4v) is 4.07. The van der Waals surface area contributed by atoms with Crippen LogP contribution in [0.3, 0.4) is 0 Å². The van der Waals surface area contributed by atoms with E-state index in [0.717, 1.165) is 55.6 Å². The van der Waals surface area contributed by atoms with E-state index < -0.39 is 0 Å². The smallest absolute Gasteiger partial charge is 0.414 e. The summed E-state index contributed by atoms with van der Waals surface area (Å²) >= 11 is 0. The van der Waals surface area contributed by atoms with Crippen LogP contribution in [0.5, 0.6) is 0 Å². The predicted octanol–water partition coefficient (Wildman–Crippen LogP) is 3.38. The Morgan fingerprint density at radius 1 is 1.23 bits per heavy atom. The number of piperidine rings is 1. The van der Waals surface area contributed by atoms with Crippen LogP contribution < -0.4 is 10.2 Å². The van der Waals surface area contributed by atoms with Crippen molar-refractivity contribution in [2.45, 2.75) is 44.7 Å². The van der Waals surface area contributed by atoms with Gasteiger partial charge in [0.05, 0.1) is 25.0 Å². The maximum Gasteiger partial charge on any atom is 0.414 e. The van der Waals surface area contributed by atoms with Gasteiger partial charge in [0.1, 0.15) is 0 Å². The number of nitrogens with zero attached hydrogens (tertiary/aromatic N) is 3. The Bertz CT molecular complexity index is 795. The molecular formula is C20H26N4O2. The molecule has 1 atom stereocenters. The zero-order chi connectivity index (χ0) is 18.1. The van der Waals surface area contributed by atoms with Gasteiger partial charge >= 0.3 is 6.09 Å². The maximum atomic E-state index is 12.2. The monoisotopic (exact) mass is 354 g/mol. The predicted molar refractivity (Wildman–Crippen MR) is 101 cm³/mol. The number of methoxy groups -OCH3 is 1. The topological polar surface area (TPSA) is 59.4 Å². The Morgan fingerprint density at radius 3 is 2.81 bits per heavy atom. The second kappa shape index (κ2) is 7.11. The van der Waals surface area contributed by atoms with Gasteiger partial charge in [0.25, 0.3) is 0 Å². The van der Waals surface area contributed by atoms with Gasteiger partial charge in [0, 0.05) is 17.8 Å². The lowest BCUT2D eigenvalue weighted by atomic mass is 9.94. The summed E-state index contributed by atoms with van der Waals surface area (Å²) in [5, 5.41) is 8.00. The lowest BCUT2D eigenvalue weighted by molar-refractivity contribution is 0.175. The SMILES string of the molecule is COC(=O)N1c2ccc(-c3cnn(C4CCNCC4)c3)cc2CCC1C. The number of hydrogen-bond acceptors (Lipinski definition) is 4. The van der Waals surface area contributed by atoms with E-state index in [1.54, 1.807) is 4.90 Å². The molecular weight excluding hydrogens is 328 g/mol. The number of nitrogens with one attached hydrogen (secondary N) is 1. The molecule has 3 heterocycles. The standard InChI is InChI=1S/C20H26N4O2/c1-14-3-4-16-11-15(5-6-19(16)24(14)20(25)26-2)17-12-22-23(13-17)18-7-9-21-10-8-18/h5-6,11-14,18,21H,3-4,7-10H2,1-2H3. The molecule has 0 bridgehead atoms. The third-order valence-corrected chi connectivity index (χ3v) is 5.60. The second-order valence-corrected chi connectivity index (χ2v) is 7.26. The summed E-state index contributed by atoms with van der Waals surface area (Å²) in [6.45, 7) is 4.18. The van der Waals surface area contributed by atoms with Gasteiger partial charge in [-0.15, -0.1) is 0 Å². The van der Waals surface area contributed by atoms with Crippen molar-refractivity contribution in [1.82, 2.24) is 15.1 Å². The van der Waals surface area contributed by atoms with Crippen molar-refractivity contribution < 1.29 is 9.53 Å². The first-order chi connectivity index (χ1) is 12.7. The summed E-state index contributed by atoms with van der Waals surface area (Å²) < 4.78 is 7.08. The van der Waals surface area contributed by atoms with E-state index in [0.29, 0.717) is 6.04 Å². The number of carbonyl (C=O) groups is 1. The van der Waals surface area contributed by atoms with Crippen molar-refractivity contribution in [1.29, 1.82) is 0 Å². The second-order valence-electron chi connectivity index (χ2n) is 7.26. The van der Waals surface area contributed by atoms with Gasteiger partial charge in [0.2, 0.25) is 0 Å². The highest BCUT2D eigenvalue weighted by molar-refractivity contribution is 5.90. The Labute approximate surface area is 154 Å². The van der Waals surface area contributed by atoms with Crippen LogP contribution in [0.25, 0.3) is 11.1 Å². The fraction of sp³-hybridized carbons (Fsp3) is 0.500. The maximum absolute atomic E-state index is 12.2. The molecule has 0 radical (unpaired) electrons. The molecule has 2 aliphatic heterocycles. The van der Waals surface area contributed by atoms with Crippen LogP contribution in [0.15, 0.2) is 30.6 Å².